The molecule has 0 aromatic heterocycles. The normalized spacial score (nSPS) is 11.3. The third-order valence-electron chi connectivity index (χ3n) is 4.30. The van der Waals surface area contributed by atoms with Crippen molar-refractivity contribution < 1.29 is 18.7 Å². The zero-order chi connectivity index (χ0) is 20.5. The van der Waals surface area contributed by atoms with E-state index < -0.39 is 18.8 Å². The first-order chi connectivity index (χ1) is 14.2. The van der Waals surface area contributed by atoms with Crippen LogP contribution in [0.15, 0.2) is 84.9 Å². The van der Waals surface area contributed by atoms with Gasteiger partial charge in [-0.1, -0.05) is 60.7 Å². The molecule has 6 heteroatoms. The number of hydrogen-bond acceptors (Lipinski definition) is 3. The monoisotopic (exact) mass is 392 g/mol. The van der Waals surface area contributed by atoms with Gasteiger partial charge in [-0.2, -0.15) is 0 Å². The van der Waals surface area contributed by atoms with Gasteiger partial charge >= 0.3 is 0 Å². The number of carbonyl (C=O) groups is 2. The molecule has 2 amide bonds. The molecule has 1 atom stereocenters. The molecule has 148 valence electrons. The minimum atomic E-state index is -1.01. The van der Waals surface area contributed by atoms with Gasteiger partial charge in [0.2, 0.25) is 12.8 Å². The molecule has 29 heavy (non-hydrogen) atoms. The Morgan fingerprint density at radius 2 is 1.48 bits per heavy atom. The van der Waals surface area contributed by atoms with Gasteiger partial charge in [0.05, 0.1) is 5.69 Å². The predicted octanol–water partition coefficient (Wildman–Crippen LogP) is 3.97. The lowest BCUT2D eigenvalue weighted by Gasteiger charge is -2.20. The Hall–Kier alpha value is -3.67. The Morgan fingerprint density at radius 1 is 0.862 bits per heavy atom. The van der Waals surface area contributed by atoms with E-state index in [-0.39, 0.29) is 11.7 Å². The van der Waals surface area contributed by atoms with E-state index >= 15 is 0 Å². The number of rotatable bonds is 8. The lowest BCUT2D eigenvalue weighted by atomic mass is 10.0. The highest BCUT2D eigenvalue weighted by Gasteiger charge is 2.23. The molecule has 0 saturated heterocycles. The number of benzene rings is 3. The molecule has 0 spiro atoms. The Balaban J connectivity index is 1.80. The predicted molar refractivity (Wildman–Crippen MR) is 110 cm³/mol. The highest BCUT2D eigenvalue weighted by atomic mass is 19.1. The molecule has 0 heterocycles. The number of carbonyl (C=O) groups excluding carboxylic acids is 2. The van der Waals surface area contributed by atoms with Crippen LogP contribution in [-0.4, -0.2) is 24.7 Å². The van der Waals surface area contributed by atoms with Crippen LogP contribution in [0.25, 0.3) is 0 Å². The second-order valence-electron chi connectivity index (χ2n) is 6.32. The topological polar surface area (TPSA) is 67.4 Å². The van der Waals surface area contributed by atoms with Crippen molar-refractivity contribution in [2.24, 2.45) is 0 Å². The highest BCUT2D eigenvalue weighted by Crippen LogP contribution is 2.24. The molecule has 5 nitrogen and oxygen atoms in total. The van der Waals surface area contributed by atoms with Gasteiger partial charge in [-0.25, -0.2) is 4.39 Å². The quantitative estimate of drug-likeness (QED) is 0.610. The molecule has 1 unspecified atom stereocenters. The fourth-order valence-electron chi connectivity index (χ4n) is 2.86. The largest absolute Gasteiger partial charge is 0.461 e. The van der Waals surface area contributed by atoms with E-state index in [0.717, 1.165) is 5.56 Å². The summed E-state index contributed by atoms with van der Waals surface area (Å²) < 4.78 is 17.5. The van der Waals surface area contributed by atoms with Crippen LogP contribution < -0.4 is 15.4 Å². The molecule has 3 aromatic rings. The van der Waals surface area contributed by atoms with Crippen LogP contribution in [0.4, 0.5) is 10.1 Å². The maximum atomic E-state index is 13.0. The van der Waals surface area contributed by atoms with Crippen LogP contribution in [0.3, 0.4) is 0 Å². The number of ether oxygens (including phenoxy) is 1. The van der Waals surface area contributed by atoms with E-state index in [0.29, 0.717) is 17.7 Å². The van der Waals surface area contributed by atoms with Crippen LogP contribution in [0, 0.1) is 0 Å². The second-order valence-corrected chi connectivity index (χ2v) is 6.32. The van der Waals surface area contributed by atoms with Crippen LogP contribution >= 0.6 is 0 Å². The van der Waals surface area contributed by atoms with Crippen LogP contribution in [0.1, 0.15) is 15.9 Å². The third-order valence-corrected chi connectivity index (χ3v) is 4.30. The summed E-state index contributed by atoms with van der Waals surface area (Å²) >= 11 is 0. The molecule has 0 aliphatic rings. The average Bonchev–Trinajstić information content (AvgIpc) is 2.76. The molecule has 0 aliphatic carbocycles. The van der Waals surface area contributed by atoms with Gasteiger partial charge in [0.15, 0.2) is 0 Å². The van der Waals surface area contributed by atoms with Gasteiger partial charge in [0, 0.05) is 12.0 Å². The SMILES string of the molecule is O=C(NC(Cc1ccccc1)C(=O)Nc1ccccc1OCF)c1ccccc1. The maximum Gasteiger partial charge on any atom is 0.251 e. The molecule has 0 radical (unpaired) electrons. The van der Waals surface area contributed by atoms with Gasteiger partial charge in [-0.15, -0.1) is 0 Å². The molecule has 3 rings (SSSR count). The first kappa shape index (κ1) is 20.1. The van der Waals surface area contributed by atoms with Crippen molar-refractivity contribution in [1.29, 1.82) is 0 Å². The van der Waals surface area contributed by atoms with E-state index in [1.807, 2.05) is 36.4 Å². The fourth-order valence-corrected chi connectivity index (χ4v) is 2.86. The van der Waals surface area contributed by atoms with E-state index in [1.54, 1.807) is 48.5 Å². The van der Waals surface area contributed by atoms with Crippen molar-refractivity contribution in [3.05, 3.63) is 96.1 Å². The first-order valence-corrected chi connectivity index (χ1v) is 9.16. The Kier molecular flexibility index (Phi) is 6.95. The number of alkyl halides is 1. The van der Waals surface area contributed by atoms with Gasteiger partial charge < -0.3 is 15.4 Å². The maximum absolute atomic E-state index is 13.0. The molecule has 0 aliphatic heterocycles. The number of anilines is 1. The molecule has 0 saturated carbocycles. The minimum absolute atomic E-state index is 0.219. The lowest BCUT2D eigenvalue weighted by Crippen LogP contribution is -2.45. The summed E-state index contributed by atoms with van der Waals surface area (Å²) in [6.45, 7) is -1.01. The van der Waals surface area contributed by atoms with Crippen molar-refractivity contribution in [1.82, 2.24) is 5.32 Å². The zero-order valence-corrected chi connectivity index (χ0v) is 15.7. The van der Waals surface area contributed by atoms with E-state index in [9.17, 15) is 14.0 Å². The van der Waals surface area contributed by atoms with Crippen molar-refractivity contribution in [2.75, 3.05) is 12.2 Å². The summed E-state index contributed by atoms with van der Waals surface area (Å²) in [7, 11) is 0. The number of halogens is 1. The van der Waals surface area contributed by atoms with Gasteiger partial charge in [0.25, 0.3) is 5.91 Å². The van der Waals surface area contributed by atoms with Crippen LogP contribution in [-0.2, 0) is 11.2 Å². The number of para-hydroxylation sites is 2. The summed E-state index contributed by atoms with van der Waals surface area (Å²) in [5.74, 6) is -0.556. The smallest absolute Gasteiger partial charge is 0.251 e. The summed E-state index contributed by atoms with van der Waals surface area (Å²) in [6, 6.07) is 23.8. The average molecular weight is 392 g/mol. The first-order valence-electron chi connectivity index (χ1n) is 9.16. The third kappa shape index (κ3) is 5.65. The van der Waals surface area contributed by atoms with Crippen LogP contribution in [0.5, 0.6) is 5.75 Å². The van der Waals surface area contributed by atoms with Gasteiger partial charge in [-0.05, 0) is 29.8 Å². The summed E-state index contributed by atoms with van der Waals surface area (Å²) in [6.07, 6.45) is 0.303. The molecule has 0 fully saturated rings. The number of hydrogen-bond donors (Lipinski definition) is 2. The van der Waals surface area contributed by atoms with Crippen molar-refractivity contribution >= 4 is 17.5 Å². The van der Waals surface area contributed by atoms with Crippen molar-refractivity contribution in [2.45, 2.75) is 12.5 Å². The lowest BCUT2D eigenvalue weighted by molar-refractivity contribution is -0.118. The minimum Gasteiger partial charge on any atom is -0.461 e. The molecular formula is C23H21FN2O3. The molecule has 0 bridgehead atoms. The number of amides is 2. The standard InChI is InChI=1S/C23H21FN2O3/c24-16-29-21-14-8-7-13-19(21)25-23(28)20(15-17-9-3-1-4-10-17)26-22(27)18-11-5-2-6-12-18/h1-14,20H,15-16H2,(H,25,28)(H,26,27). The second kappa shape index (κ2) is 10.0. The van der Waals surface area contributed by atoms with E-state index in [2.05, 4.69) is 10.6 Å². The Bertz CT molecular complexity index is 949. The van der Waals surface area contributed by atoms with Gasteiger partial charge in [0.1, 0.15) is 11.8 Å². The highest BCUT2D eigenvalue weighted by molar-refractivity contribution is 6.01. The van der Waals surface area contributed by atoms with Gasteiger partial charge in [-0.3, -0.25) is 9.59 Å². The van der Waals surface area contributed by atoms with E-state index in [4.69, 9.17) is 4.74 Å². The molecule has 3 aromatic carbocycles. The molecule has 2 N–H and O–H groups in total. The molecular weight excluding hydrogens is 371 g/mol. The van der Waals surface area contributed by atoms with E-state index in [1.165, 1.54) is 0 Å². The zero-order valence-electron chi connectivity index (χ0n) is 15.7. The Morgan fingerprint density at radius 3 is 2.17 bits per heavy atom. The summed E-state index contributed by atoms with van der Waals surface area (Å²) in [5, 5.41) is 5.51. The van der Waals surface area contributed by atoms with Crippen molar-refractivity contribution in [3.8, 4) is 5.75 Å². The number of nitrogens with one attached hydrogen (secondary N) is 2. The Labute approximate surface area is 168 Å². The van der Waals surface area contributed by atoms with Crippen molar-refractivity contribution in [3.63, 3.8) is 0 Å². The van der Waals surface area contributed by atoms with Crippen LogP contribution in [0.2, 0.25) is 0 Å². The summed E-state index contributed by atoms with van der Waals surface area (Å²) in [4.78, 5) is 25.6. The summed E-state index contributed by atoms with van der Waals surface area (Å²) in [5.41, 5.74) is 1.69. The fraction of sp³-hybridized carbons (Fsp3) is 0.130.